The summed E-state index contributed by atoms with van der Waals surface area (Å²) < 4.78 is 0. The Morgan fingerprint density at radius 2 is 2.44 bits per heavy atom. The predicted octanol–water partition coefficient (Wildman–Crippen LogP) is 2.30. The second-order valence-corrected chi connectivity index (χ2v) is 5.31. The van der Waals surface area contributed by atoms with E-state index in [1.165, 1.54) is 11.3 Å². The Hall–Kier alpha value is -0.870. The molecule has 0 amide bonds. The molecule has 2 heterocycles. The number of thiophene rings is 1. The molecule has 1 aromatic rings. The second kappa shape index (κ2) is 5.46. The van der Waals surface area contributed by atoms with Gasteiger partial charge in [-0.2, -0.15) is 0 Å². The molecule has 4 N–H and O–H groups in total. The van der Waals surface area contributed by atoms with Crippen LogP contribution in [0.5, 0.6) is 0 Å². The van der Waals surface area contributed by atoms with Gasteiger partial charge in [0, 0.05) is 29.8 Å². The van der Waals surface area contributed by atoms with Gasteiger partial charge in [-0.25, -0.2) is 0 Å². The number of amidine groups is 1. The van der Waals surface area contributed by atoms with E-state index < -0.39 is 0 Å². The highest BCUT2D eigenvalue weighted by Gasteiger charge is 2.24. The molecule has 1 saturated heterocycles. The van der Waals surface area contributed by atoms with Gasteiger partial charge in [-0.1, -0.05) is 12.5 Å². The van der Waals surface area contributed by atoms with E-state index in [4.69, 9.17) is 11.1 Å². The molecule has 1 aliphatic rings. The fourth-order valence-electron chi connectivity index (χ4n) is 2.32. The molecule has 0 bridgehead atoms. The molecule has 2 unspecified atom stereocenters. The van der Waals surface area contributed by atoms with Crippen LogP contribution in [0.25, 0.3) is 0 Å². The van der Waals surface area contributed by atoms with Gasteiger partial charge in [0.25, 0.3) is 0 Å². The van der Waals surface area contributed by atoms with Crippen LogP contribution in [0.1, 0.15) is 36.5 Å². The molecule has 0 aliphatic carbocycles. The maximum Gasteiger partial charge on any atom is 0.0933 e. The smallest absolute Gasteiger partial charge is 0.0933 e. The van der Waals surface area contributed by atoms with E-state index in [0.717, 1.165) is 19.3 Å². The van der Waals surface area contributed by atoms with Gasteiger partial charge in [0.2, 0.25) is 0 Å². The van der Waals surface area contributed by atoms with Gasteiger partial charge in [0.1, 0.15) is 0 Å². The third kappa shape index (κ3) is 2.62. The Morgan fingerprint density at radius 1 is 1.56 bits per heavy atom. The third-order valence-corrected chi connectivity index (χ3v) is 4.20. The predicted molar refractivity (Wildman–Crippen MR) is 69.2 cm³/mol. The van der Waals surface area contributed by atoms with Crippen LogP contribution in [0.3, 0.4) is 0 Å². The van der Waals surface area contributed by atoms with Crippen molar-refractivity contribution in [2.45, 2.75) is 37.6 Å². The van der Waals surface area contributed by atoms with Gasteiger partial charge in [0.05, 0.1) is 5.84 Å². The van der Waals surface area contributed by atoms with Crippen LogP contribution in [0, 0.1) is 5.41 Å². The van der Waals surface area contributed by atoms with E-state index in [-0.39, 0.29) is 0 Å². The van der Waals surface area contributed by atoms with Crippen LogP contribution < -0.4 is 11.1 Å². The zero-order chi connectivity index (χ0) is 11.4. The molecule has 1 aromatic heterocycles. The molecule has 0 aromatic carbocycles. The van der Waals surface area contributed by atoms with Gasteiger partial charge in [0.15, 0.2) is 0 Å². The van der Waals surface area contributed by atoms with Crippen molar-refractivity contribution in [3.63, 3.8) is 0 Å². The standard InChI is InChI=1S/C12H19N3S/c13-8-9(11-5-3-7-16-11)10-4-1-2-6-12(14)15-10/h3,5,7,9-10H,1-2,4,6,8,13H2,(H2,14,15). The molecular formula is C12H19N3S. The minimum atomic E-state index is 0.346. The fraction of sp³-hybridized carbons (Fsp3) is 0.583. The highest BCUT2D eigenvalue weighted by molar-refractivity contribution is 7.10. The van der Waals surface area contributed by atoms with E-state index in [0.29, 0.717) is 24.3 Å². The van der Waals surface area contributed by atoms with Crippen molar-refractivity contribution in [1.82, 2.24) is 5.32 Å². The topological polar surface area (TPSA) is 61.9 Å². The molecule has 16 heavy (non-hydrogen) atoms. The lowest BCUT2D eigenvalue weighted by molar-refractivity contribution is 0.468. The van der Waals surface area contributed by atoms with E-state index in [9.17, 15) is 0 Å². The van der Waals surface area contributed by atoms with Crippen LogP contribution in [-0.2, 0) is 0 Å². The molecule has 1 fully saturated rings. The summed E-state index contributed by atoms with van der Waals surface area (Å²) in [6.45, 7) is 0.658. The Labute approximate surface area is 101 Å². The van der Waals surface area contributed by atoms with Crippen LogP contribution in [0.2, 0.25) is 0 Å². The van der Waals surface area contributed by atoms with E-state index in [1.54, 1.807) is 11.3 Å². The molecule has 0 radical (unpaired) electrons. The summed E-state index contributed by atoms with van der Waals surface area (Å²) in [5, 5.41) is 13.2. The van der Waals surface area contributed by atoms with Crippen molar-refractivity contribution >= 4 is 17.2 Å². The Bertz CT molecular complexity index is 334. The average Bonchev–Trinajstić information content (AvgIpc) is 2.70. The molecule has 2 rings (SSSR count). The summed E-state index contributed by atoms with van der Waals surface area (Å²) in [4.78, 5) is 1.34. The van der Waals surface area contributed by atoms with Crippen LogP contribution in [0.4, 0.5) is 0 Å². The highest BCUT2D eigenvalue weighted by Crippen LogP contribution is 2.27. The second-order valence-electron chi connectivity index (χ2n) is 4.33. The lowest BCUT2D eigenvalue weighted by Gasteiger charge is -2.25. The molecule has 2 atom stereocenters. The number of rotatable bonds is 3. The average molecular weight is 237 g/mol. The molecular weight excluding hydrogens is 218 g/mol. The van der Waals surface area contributed by atoms with Crippen molar-refractivity contribution in [2.75, 3.05) is 6.54 Å². The SMILES string of the molecule is N=C1CCCCC(C(CN)c2cccs2)N1. The summed E-state index contributed by atoms with van der Waals surface area (Å²) in [5.74, 6) is 1.04. The van der Waals surface area contributed by atoms with Crippen molar-refractivity contribution in [1.29, 1.82) is 5.41 Å². The van der Waals surface area contributed by atoms with E-state index in [1.807, 2.05) is 0 Å². The largest absolute Gasteiger partial charge is 0.371 e. The molecule has 4 heteroatoms. The number of nitrogens with two attached hydrogens (primary N) is 1. The molecule has 88 valence electrons. The highest BCUT2D eigenvalue weighted by atomic mass is 32.1. The first-order valence-corrected chi connectivity index (χ1v) is 6.76. The normalized spacial score (nSPS) is 23.6. The summed E-state index contributed by atoms with van der Waals surface area (Å²) in [5.41, 5.74) is 5.89. The lowest BCUT2D eigenvalue weighted by Crippen LogP contribution is -2.39. The maximum absolute atomic E-state index is 7.80. The quantitative estimate of drug-likeness (QED) is 0.755. The third-order valence-electron chi connectivity index (χ3n) is 3.20. The lowest BCUT2D eigenvalue weighted by atomic mass is 9.94. The number of hydrogen-bond acceptors (Lipinski definition) is 3. The van der Waals surface area contributed by atoms with Crippen molar-refractivity contribution in [3.8, 4) is 0 Å². The fourth-order valence-corrected chi connectivity index (χ4v) is 3.22. The maximum atomic E-state index is 7.80. The monoisotopic (exact) mass is 237 g/mol. The van der Waals surface area contributed by atoms with Crippen LogP contribution in [0.15, 0.2) is 17.5 Å². The van der Waals surface area contributed by atoms with Gasteiger partial charge >= 0.3 is 0 Å². The zero-order valence-electron chi connectivity index (χ0n) is 9.41. The van der Waals surface area contributed by atoms with Gasteiger partial charge in [-0.3, -0.25) is 5.41 Å². The van der Waals surface area contributed by atoms with Crippen molar-refractivity contribution < 1.29 is 0 Å². The molecule has 3 nitrogen and oxygen atoms in total. The van der Waals surface area contributed by atoms with Crippen molar-refractivity contribution in [3.05, 3.63) is 22.4 Å². The minimum Gasteiger partial charge on any atom is -0.371 e. The molecule has 1 aliphatic heterocycles. The summed E-state index contributed by atoms with van der Waals surface area (Å²) in [7, 11) is 0. The summed E-state index contributed by atoms with van der Waals surface area (Å²) in [6, 6.07) is 4.57. The first-order valence-electron chi connectivity index (χ1n) is 5.88. The van der Waals surface area contributed by atoms with Gasteiger partial charge < -0.3 is 11.1 Å². The first-order chi connectivity index (χ1) is 7.81. The Balaban J connectivity index is 2.10. The summed E-state index contributed by atoms with van der Waals surface area (Å²) >= 11 is 1.77. The van der Waals surface area contributed by atoms with Gasteiger partial charge in [-0.05, 0) is 24.3 Å². The Kier molecular flexibility index (Phi) is 3.96. The minimum absolute atomic E-state index is 0.346. The molecule has 0 spiro atoms. The van der Waals surface area contributed by atoms with Gasteiger partial charge in [-0.15, -0.1) is 11.3 Å². The van der Waals surface area contributed by atoms with E-state index >= 15 is 0 Å². The summed E-state index contributed by atoms with van der Waals surface area (Å²) in [6.07, 6.45) is 4.34. The zero-order valence-corrected chi connectivity index (χ0v) is 10.2. The number of nitrogens with one attached hydrogen (secondary N) is 2. The molecule has 0 saturated carbocycles. The first kappa shape index (κ1) is 11.6. The van der Waals surface area contributed by atoms with Crippen LogP contribution in [-0.4, -0.2) is 18.4 Å². The van der Waals surface area contributed by atoms with Crippen LogP contribution >= 0.6 is 11.3 Å². The van der Waals surface area contributed by atoms with E-state index in [2.05, 4.69) is 22.8 Å². The Morgan fingerprint density at radius 3 is 3.12 bits per heavy atom. The van der Waals surface area contributed by atoms with Crippen molar-refractivity contribution in [2.24, 2.45) is 5.73 Å². The number of hydrogen-bond donors (Lipinski definition) is 3.